The fourth-order valence-electron chi connectivity index (χ4n) is 3.45. The van der Waals surface area contributed by atoms with Gasteiger partial charge in [0.2, 0.25) is 0 Å². The highest BCUT2D eigenvalue weighted by Crippen LogP contribution is 2.28. The number of nitrogens with one attached hydrogen (secondary N) is 1. The van der Waals surface area contributed by atoms with Crippen LogP contribution in [-0.4, -0.2) is 26.9 Å². The van der Waals surface area contributed by atoms with Gasteiger partial charge < -0.3 is 11.1 Å². The van der Waals surface area contributed by atoms with E-state index in [2.05, 4.69) is 15.3 Å². The highest BCUT2D eigenvalue weighted by molar-refractivity contribution is 6.29. The molecule has 0 saturated heterocycles. The summed E-state index contributed by atoms with van der Waals surface area (Å²) in [6.07, 6.45) is 8.45. The third kappa shape index (κ3) is 10.7. The molecule has 0 fully saturated rings. The number of nitro groups is 2. The second-order valence-corrected chi connectivity index (χ2v) is 8.32. The van der Waals surface area contributed by atoms with Crippen molar-refractivity contribution in [1.29, 1.82) is 0 Å². The van der Waals surface area contributed by atoms with Gasteiger partial charge in [-0.15, -0.1) is 0 Å². The van der Waals surface area contributed by atoms with Gasteiger partial charge in [-0.25, -0.2) is 9.97 Å². The standard InChI is InChI=1S/C12H16ClN3O2.C11H14ClN3O2/c1-3-4-10(11(14-2)8-16(17)18)9-5-6-12(13)15-7-9;1-2-3-9(10(13)7-15(16)17)8-4-5-11(12)14-6-8/h5-8,10,14H,3-4H2,1-2H3;4-7,9H,2-3,13H2,1H3/b11-8-;10-7-. The summed E-state index contributed by atoms with van der Waals surface area (Å²) in [6, 6.07) is 6.98. The molecule has 2 aromatic heterocycles. The van der Waals surface area contributed by atoms with Gasteiger partial charge in [-0.05, 0) is 36.1 Å². The molecule has 0 aliphatic rings. The van der Waals surface area contributed by atoms with Gasteiger partial charge in [0.05, 0.1) is 21.2 Å². The van der Waals surface area contributed by atoms with Crippen LogP contribution in [0.15, 0.2) is 60.5 Å². The third-order valence-corrected chi connectivity index (χ3v) is 5.47. The second kappa shape index (κ2) is 15.6. The Bertz CT molecular complexity index is 1010. The molecule has 0 spiro atoms. The number of likely N-dealkylation sites (N-methyl/N-ethyl adjacent to an activating group) is 1. The number of nitrogens with two attached hydrogens (primary N) is 1. The van der Waals surface area contributed by atoms with Crippen molar-refractivity contribution >= 4 is 23.2 Å². The fourth-order valence-corrected chi connectivity index (χ4v) is 3.67. The van der Waals surface area contributed by atoms with Crippen molar-refractivity contribution in [3.05, 3.63) is 102 Å². The minimum atomic E-state index is -0.540. The smallest absolute Gasteiger partial charge is 0.253 e. The molecule has 2 rings (SSSR count). The molecule has 0 aromatic carbocycles. The molecule has 12 heteroatoms. The summed E-state index contributed by atoms with van der Waals surface area (Å²) in [6.45, 7) is 4.03. The molecule has 2 unspecified atom stereocenters. The molecule has 0 amide bonds. The van der Waals surface area contributed by atoms with E-state index in [0.29, 0.717) is 16.0 Å². The van der Waals surface area contributed by atoms with Gasteiger partial charge in [0.1, 0.15) is 10.3 Å². The van der Waals surface area contributed by atoms with Crippen molar-refractivity contribution in [1.82, 2.24) is 15.3 Å². The van der Waals surface area contributed by atoms with Crippen LogP contribution in [-0.2, 0) is 0 Å². The van der Waals surface area contributed by atoms with Gasteiger partial charge in [0, 0.05) is 31.3 Å². The molecule has 0 aliphatic heterocycles. The summed E-state index contributed by atoms with van der Waals surface area (Å²) in [4.78, 5) is 28.0. The van der Waals surface area contributed by atoms with E-state index in [1.807, 2.05) is 19.9 Å². The van der Waals surface area contributed by atoms with Gasteiger partial charge in [-0.1, -0.05) is 62.0 Å². The second-order valence-electron chi connectivity index (χ2n) is 7.55. The Balaban J connectivity index is 0.000000351. The zero-order chi connectivity index (χ0) is 26.4. The summed E-state index contributed by atoms with van der Waals surface area (Å²) in [5, 5.41) is 24.7. The Morgan fingerprint density at radius 2 is 1.40 bits per heavy atom. The maximum atomic E-state index is 10.6. The van der Waals surface area contributed by atoms with E-state index < -0.39 is 9.85 Å². The highest BCUT2D eigenvalue weighted by atomic mass is 35.5. The molecule has 0 radical (unpaired) electrons. The maximum absolute atomic E-state index is 10.6. The minimum absolute atomic E-state index is 0.0600. The van der Waals surface area contributed by atoms with Crippen LogP contribution < -0.4 is 11.1 Å². The molecular formula is C23H30Cl2N6O4. The molecule has 0 aliphatic carbocycles. The average molecular weight is 525 g/mol. The first kappa shape index (κ1) is 29.8. The number of hydrogen-bond acceptors (Lipinski definition) is 8. The Labute approximate surface area is 214 Å². The normalized spacial score (nSPS) is 13.3. The van der Waals surface area contributed by atoms with Crippen LogP contribution in [0.3, 0.4) is 0 Å². The van der Waals surface area contributed by atoms with Crippen LogP contribution in [0.4, 0.5) is 0 Å². The van der Waals surface area contributed by atoms with Crippen molar-refractivity contribution in [2.75, 3.05) is 7.05 Å². The Morgan fingerprint density at radius 1 is 0.943 bits per heavy atom. The zero-order valence-corrected chi connectivity index (χ0v) is 21.4. The number of pyridine rings is 2. The maximum Gasteiger partial charge on any atom is 0.253 e. The molecule has 2 aromatic rings. The molecule has 3 N–H and O–H groups in total. The predicted molar refractivity (Wildman–Crippen MR) is 137 cm³/mol. The first-order chi connectivity index (χ1) is 16.6. The van der Waals surface area contributed by atoms with Crippen LogP contribution in [0.25, 0.3) is 0 Å². The van der Waals surface area contributed by atoms with Crippen molar-refractivity contribution in [2.24, 2.45) is 5.73 Å². The van der Waals surface area contributed by atoms with Gasteiger partial charge in [-0.3, -0.25) is 20.2 Å². The first-order valence-corrected chi connectivity index (χ1v) is 11.7. The quantitative estimate of drug-likeness (QED) is 0.217. The molecule has 2 heterocycles. The zero-order valence-electron chi connectivity index (χ0n) is 19.9. The Kier molecular flexibility index (Phi) is 13.3. The largest absolute Gasteiger partial charge is 0.397 e. The predicted octanol–water partition coefficient (Wildman–Crippen LogP) is 5.65. The fraction of sp³-hybridized carbons (Fsp3) is 0.391. The number of aromatic nitrogens is 2. The van der Waals surface area contributed by atoms with Crippen LogP contribution >= 0.6 is 23.2 Å². The van der Waals surface area contributed by atoms with Crippen molar-refractivity contribution in [2.45, 2.75) is 51.4 Å². The first-order valence-electron chi connectivity index (χ1n) is 11.0. The molecule has 10 nitrogen and oxygen atoms in total. The number of halogens is 2. The van der Waals surface area contributed by atoms with Gasteiger partial charge in [0.25, 0.3) is 12.4 Å². The van der Waals surface area contributed by atoms with E-state index in [1.54, 1.807) is 37.6 Å². The van der Waals surface area contributed by atoms with E-state index in [9.17, 15) is 20.2 Å². The highest BCUT2D eigenvalue weighted by Gasteiger charge is 2.19. The summed E-state index contributed by atoms with van der Waals surface area (Å²) in [7, 11) is 1.68. The third-order valence-electron chi connectivity index (χ3n) is 5.03. The van der Waals surface area contributed by atoms with E-state index in [0.717, 1.165) is 49.2 Å². The lowest BCUT2D eigenvalue weighted by Gasteiger charge is -2.18. The monoisotopic (exact) mass is 524 g/mol. The van der Waals surface area contributed by atoms with Crippen LogP contribution in [0.1, 0.15) is 62.5 Å². The molecular weight excluding hydrogens is 495 g/mol. The van der Waals surface area contributed by atoms with Gasteiger partial charge >= 0.3 is 0 Å². The van der Waals surface area contributed by atoms with Crippen LogP contribution in [0.5, 0.6) is 0 Å². The lowest BCUT2D eigenvalue weighted by Crippen LogP contribution is -2.16. The van der Waals surface area contributed by atoms with E-state index in [1.165, 1.54) is 0 Å². The summed E-state index contributed by atoms with van der Waals surface area (Å²) in [5.41, 5.74) is 8.31. The SMILES string of the molecule is CCCC(/C(=C/[N+](=O)[O-])NC)c1ccc(Cl)nc1.CCCC(/C(N)=C/[N+](=O)[O-])c1ccc(Cl)nc1. The van der Waals surface area contributed by atoms with Crippen molar-refractivity contribution in [3.8, 4) is 0 Å². The Hall–Kier alpha value is -3.24. The summed E-state index contributed by atoms with van der Waals surface area (Å²) >= 11 is 11.4. The minimum Gasteiger partial charge on any atom is -0.397 e. The van der Waals surface area contributed by atoms with E-state index >= 15 is 0 Å². The molecule has 0 saturated carbocycles. The van der Waals surface area contributed by atoms with Crippen LogP contribution in [0, 0.1) is 20.2 Å². The summed E-state index contributed by atoms with van der Waals surface area (Å²) in [5.74, 6) is -0.245. The van der Waals surface area contributed by atoms with Crippen molar-refractivity contribution in [3.63, 3.8) is 0 Å². The number of allylic oxidation sites excluding steroid dienone is 2. The Morgan fingerprint density at radius 3 is 1.77 bits per heavy atom. The average Bonchev–Trinajstić information content (AvgIpc) is 2.81. The number of hydrogen-bond donors (Lipinski definition) is 2. The summed E-state index contributed by atoms with van der Waals surface area (Å²) < 4.78 is 0. The van der Waals surface area contributed by atoms with Gasteiger partial charge in [0.15, 0.2) is 0 Å². The molecule has 2 atom stereocenters. The van der Waals surface area contributed by atoms with E-state index in [-0.39, 0.29) is 17.5 Å². The van der Waals surface area contributed by atoms with Crippen molar-refractivity contribution < 1.29 is 9.85 Å². The number of nitrogens with zero attached hydrogens (tertiary/aromatic N) is 4. The lowest BCUT2D eigenvalue weighted by molar-refractivity contribution is -0.404. The lowest BCUT2D eigenvalue weighted by atomic mass is 9.93. The number of rotatable bonds is 11. The molecule has 190 valence electrons. The molecule has 35 heavy (non-hydrogen) atoms. The van der Waals surface area contributed by atoms with Gasteiger partial charge in [-0.2, -0.15) is 0 Å². The topological polar surface area (TPSA) is 150 Å². The van der Waals surface area contributed by atoms with Crippen LogP contribution in [0.2, 0.25) is 10.3 Å². The molecule has 0 bridgehead atoms. The van der Waals surface area contributed by atoms with E-state index in [4.69, 9.17) is 28.9 Å².